The fraction of sp³-hybridized carbons (Fsp3) is 0.760. The molecule has 0 amide bonds. The van der Waals surface area contributed by atoms with Crippen LogP contribution >= 0.6 is 0 Å². The van der Waals surface area contributed by atoms with Gasteiger partial charge in [0.2, 0.25) is 0 Å². The fourth-order valence-corrected chi connectivity index (χ4v) is 3.87. The zero-order chi connectivity index (χ0) is 18.7. The van der Waals surface area contributed by atoms with Crippen molar-refractivity contribution in [2.75, 3.05) is 0 Å². The van der Waals surface area contributed by atoms with Gasteiger partial charge in [-0.15, -0.1) is 0 Å². The molecule has 0 N–H and O–H groups in total. The molecule has 25 heavy (non-hydrogen) atoms. The van der Waals surface area contributed by atoms with Crippen molar-refractivity contribution in [1.82, 2.24) is 0 Å². The molecular weight excluding hydrogens is 300 g/mol. The van der Waals surface area contributed by atoms with Gasteiger partial charge in [-0.2, -0.15) is 0 Å². The second kappa shape index (κ2) is 12.6. The van der Waals surface area contributed by atoms with E-state index in [1.807, 2.05) is 0 Å². The van der Waals surface area contributed by atoms with Gasteiger partial charge in [0.25, 0.3) is 0 Å². The number of hydrogen-bond acceptors (Lipinski definition) is 0. The Balaban J connectivity index is 2.38. The lowest BCUT2D eigenvalue weighted by Gasteiger charge is -2.18. The third-order valence-corrected chi connectivity index (χ3v) is 5.91. The lowest BCUT2D eigenvalue weighted by Crippen LogP contribution is -2.05. The van der Waals surface area contributed by atoms with Gasteiger partial charge in [-0.25, -0.2) is 0 Å². The van der Waals surface area contributed by atoms with Crippen molar-refractivity contribution in [1.29, 1.82) is 0 Å². The fourth-order valence-electron chi connectivity index (χ4n) is 3.87. The number of unbranched alkanes of at least 4 members (excludes halogenated alkanes) is 4. The van der Waals surface area contributed by atoms with Crippen LogP contribution in [0.4, 0.5) is 0 Å². The predicted molar refractivity (Wildman–Crippen MR) is 115 cm³/mol. The second-order valence-corrected chi connectivity index (χ2v) is 8.44. The van der Waals surface area contributed by atoms with Gasteiger partial charge in [0, 0.05) is 0 Å². The van der Waals surface area contributed by atoms with Crippen molar-refractivity contribution in [3.8, 4) is 0 Å². The first-order valence-corrected chi connectivity index (χ1v) is 11.1. The Morgan fingerprint density at radius 3 is 2.40 bits per heavy atom. The van der Waals surface area contributed by atoms with Crippen LogP contribution in [-0.2, 0) is 0 Å². The molecule has 0 fully saturated rings. The molecule has 0 aromatic rings. The lowest BCUT2D eigenvalue weighted by atomic mass is 9.87. The smallest absolute Gasteiger partial charge is 0.00534 e. The first-order chi connectivity index (χ1) is 12.0. The van der Waals surface area contributed by atoms with Crippen LogP contribution in [0.1, 0.15) is 106 Å². The number of rotatable bonds is 14. The average molecular weight is 345 g/mol. The lowest BCUT2D eigenvalue weighted by molar-refractivity contribution is 0.451. The molecule has 0 saturated heterocycles. The molecule has 0 aliphatic heterocycles. The Hall–Kier alpha value is -0.780. The predicted octanol–water partition coefficient (Wildman–Crippen LogP) is 8.65. The van der Waals surface area contributed by atoms with Crippen LogP contribution in [-0.4, -0.2) is 0 Å². The topological polar surface area (TPSA) is 0 Å². The largest absolute Gasteiger partial charge is 0.0879 e. The summed E-state index contributed by atoms with van der Waals surface area (Å²) < 4.78 is 0. The second-order valence-electron chi connectivity index (χ2n) is 8.44. The highest BCUT2D eigenvalue weighted by Crippen LogP contribution is 2.39. The minimum atomic E-state index is 0.627. The molecule has 0 aromatic heterocycles. The minimum Gasteiger partial charge on any atom is -0.0879 e. The van der Waals surface area contributed by atoms with Gasteiger partial charge in [-0.05, 0) is 69.6 Å². The summed E-state index contributed by atoms with van der Waals surface area (Å²) in [5, 5.41) is 0. The van der Waals surface area contributed by atoms with Crippen LogP contribution in [0.3, 0.4) is 0 Å². The van der Waals surface area contributed by atoms with E-state index in [4.69, 9.17) is 0 Å². The molecule has 0 heterocycles. The first kappa shape index (κ1) is 22.3. The molecule has 0 aromatic carbocycles. The maximum Gasteiger partial charge on any atom is -0.00534 e. The SMILES string of the molecule is CCCCCCC=CC(C=C(C)C(C)CC(C)CC1=C(CC)C1)CC. The van der Waals surface area contributed by atoms with Crippen LogP contribution in [0, 0.1) is 17.8 Å². The van der Waals surface area contributed by atoms with Crippen LogP contribution in [0.2, 0.25) is 0 Å². The normalized spacial score (nSPS) is 18.7. The summed E-state index contributed by atoms with van der Waals surface area (Å²) in [6.45, 7) is 14.1. The zero-order valence-corrected chi connectivity index (χ0v) is 18.0. The van der Waals surface area contributed by atoms with Gasteiger partial charge in [-0.1, -0.05) is 88.8 Å². The Kier molecular flexibility index (Phi) is 11.2. The highest BCUT2D eigenvalue weighted by Gasteiger charge is 2.22. The third-order valence-electron chi connectivity index (χ3n) is 5.91. The van der Waals surface area contributed by atoms with Gasteiger partial charge in [0.15, 0.2) is 0 Å². The number of allylic oxidation sites excluding steroid dienone is 6. The summed E-state index contributed by atoms with van der Waals surface area (Å²) in [6, 6.07) is 0. The number of hydrogen-bond donors (Lipinski definition) is 0. The first-order valence-electron chi connectivity index (χ1n) is 11.1. The quantitative estimate of drug-likeness (QED) is 0.218. The molecule has 144 valence electrons. The van der Waals surface area contributed by atoms with E-state index in [-0.39, 0.29) is 0 Å². The Labute approximate surface area is 158 Å². The molecule has 0 bridgehead atoms. The minimum absolute atomic E-state index is 0.627. The van der Waals surface area contributed by atoms with Crippen molar-refractivity contribution in [2.24, 2.45) is 17.8 Å². The molecule has 3 atom stereocenters. The van der Waals surface area contributed by atoms with Crippen molar-refractivity contribution in [2.45, 2.75) is 106 Å². The van der Waals surface area contributed by atoms with Crippen molar-refractivity contribution in [3.63, 3.8) is 0 Å². The molecule has 1 rings (SSSR count). The molecule has 3 unspecified atom stereocenters. The zero-order valence-electron chi connectivity index (χ0n) is 18.0. The summed E-state index contributed by atoms with van der Waals surface area (Å²) in [5.74, 6) is 2.17. The standard InChI is InChI=1S/C25H44/c1-7-10-11-12-13-14-15-23(8-2)18-22(6)21(5)16-20(4)17-25-19-24(25)9-3/h14-15,18,20-21,23H,7-13,16-17,19H2,1-6H3. The summed E-state index contributed by atoms with van der Waals surface area (Å²) >= 11 is 0. The van der Waals surface area contributed by atoms with Crippen molar-refractivity contribution in [3.05, 3.63) is 34.9 Å². The van der Waals surface area contributed by atoms with Crippen LogP contribution in [0.15, 0.2) is 34.9 Å². The Bertz CT molecular complexity index is 449. The molecular formula is C25H44. The third kappa shape index (κ3) is 9.47. The van der Waals surface area contributed by atoms with E-state index < -0.39 is 0 Å². The Morgan fingerprint density at radius 2 is 1.80 bits per heavy atom. The maximum absolute atomic E-state index is 2.54. The van der Waals surface area contributed by atoms with E-state index in [0.29, 0.717) is 11.8 Å². The van der Waals surface area contributed by atoms with E-state index in [1.165, 1.54) is 64.2 Å². The van der Waals surface area contributed by atoms with E-state index >= 15 is 0 Å². The van der Waals surface area contributed by atoms with E-state index in [1.54, 1.807) is 16.7 Å². The van der Waals surface area contributed by atoms with Gasteiger partial charge >= 0.3 is 0 Å². The van der Waals surface area contributed by atoms with E-state index in [9.17, 15) is 0 Å². The van der Waals surface area contributed by atoms with Gasteiger partial charge in [-0.3, -0.25) is 0 Å². The molecule has 0 heteroatoms. The summed E-state index contributed by atoms with van der Waals surface area (Å²) in [6.07, 6.45) is 20.6. The molecule has 0 radical (unpaired) electrons. The van der Waals surface area contributed by atoms with E-state index in [2.05, 4.69) is 59.8 Å². The van der Waals surface area contributed by atoms with Crippen molar-refractivity contribution >= 4 is 0 Å². The maximum atomic E-state index is 2.54. The molecule has 0 nitrogen and oxygen atoms in total. The van der Waals surface area contributed by atoms with Crippen LogP contribution in [0.5, 0.6) is 0 Å². The van der Waals surface area contributed by atoms with Crippen LogP contribution in [0.25, 0.3) is 0 Å². The van der Waals surface area contributed by atoms with E-state index in [0.717, 1.165) is 5.92 Å². The monoisotopic (exact) mass is 344 g/mol. The van der Waals surface area contributed by atoms with Gasteiger partial charge in [0.05, 0.1) is 0 Å². The summed E-state index contributed by atoms with van der Waals surface area (Å²) in [4.78, 5) is 0. The molecule has 1 aliphatic carbocycles. The highest BCUT2D eigenvalue weighted by molar-refractivity contribution is 5.34. The molecule has 0 saturated carbocycles. The highest BCUT2D eigenvalue weighted by atomic mass is 14.3. The van der Waals surface area contributed by atoms with Crippen LogP contribution < -0.4 is 0 Å². The molecule has 0 spiro atoms. The average Bonchev–Trinajstić information content (AvgIpc) is 3.34. The van der Waals surface area contributed by atoms with Crippen molar-refractivity contribution < 1.29 is 0 Å². The van der Waals surface area contributed by atoms with Gasteiger partial charge < -0.3 is 0 Å². The summed E-state index contributed by atoms with van der Waals surface area (Å²) in [7, 11) is 0. The van der Waals surface area contributed by atoms with Gasteiger partial charge in [0.1, 0.15) is 0 Å². The Morgan fingerprint density at radius 1 is 1.04 bits per heavy atom. The molecule has 1 aliphatic rings. The summed E-state index contributed by atoms with van der Waals surface area (Å²) in [5.41, 5.74) is 5.10.